The molecule has 0 aliphatic rings. The van der Waals surface area contributed by atoms with E-state index >= 15 is 0 Å². The maximum Gasteiger partial charge on any atom is 0.406 e. The van der Waals surface area contributed by atoms with Crippen LogP contribution in [-0.4, -0.2) is 27.2 Å². The van der Waals surface area contributed by atoms with Crippen molar-refractivity contribution in [3.63, 3.8) is 0 Å². The first-order valence-electron chi connectivity index (χ1n) is 4.93. The predicted octanol–water partition coefficient (Wildman–Crippen LogP) is 1.46. The molecule has 0 radical (unpaired) electrons. The van der Waals surface area contributed by atoms with Crippen LogP contribution in [0.5, 0.6) is 5.75 Å². The summed E-state index contributed by atoms with van der Waals surface area (Å²) in [5.41, 5.74) is 0. The van der Waals surface area contributed by atoms with E-state index in [-0.39, 0.29) is 18.2 Å². The summed E-state index contributed by atoms with van der Waals surface area (Å²) in [7, 11) is 1.73. The Morgan fingerprint density at radius 3 is 3.06 bits per heavy atom. The summed E-state index contributed by atoms with van der Waals surface area (Å²) < 4.78 is 5.32. The van der Waals surface area contributed by atoms with Gasteiger partial charge in [-0.15, -0.1) is 10.2 Å². The summed E-state index contributed by atoms with van der Waals surface area (Å²) in [4.78, 5) is 13.8. The molecule has 1 N–H and O–H groups in total. The standard InChI is InChI=1S/C9H9N5O3S/c1-10-9-13-12-7(18-9)5-17-6-3-2-4-11-8(6)14(15)16/h2-4H,5H2,1H3,(H,10,13). The van der Waals surface area contributed by atoms with Crippen LogP contribution in [0.4, 0.5) is 10.9 Å². The summed E-state index contributed by atoms with van der Waals surface area (Å²) in [5, 5.41) is 22.5. The maximum absolute atomic E-state index is 10.7. The SMILES string of the molecule is CNc1nnc(COc2cccnc2[N+](=O)[O-])s1. The third kappa shape index (κ3) is 2.69. The highest BCUT2D eigenvalue weighted by Gasteiger charge is 2.16. The van der Waals surface area contributed by atoms with E-state index < -0.39 is 4.92 Å². The van der Waals surface area contributed by atoms with Crippen molar-refractivity contribution in [1.82, 2.24) is 15.2 Å². The van der Waals surface area contributed by atoms with E-state index in [4.69, 9.17) is 4.74 Å². The number of ether oxygens (including phenoxy) is 1. The minimum atomic E-state index is -0.589. The number of anilines is 1. The van der Waals surface area contributed by atoms with Gasteiger partial charge < -0.3 is 20.2 Å². The summed E-state index contributed by atoms with van der Waals surface area (Å²) in [5.74, 6) is -0.195. The van der Waals surface area contributed by atoms with Gasteiger partial charge in [0.1, 0.15) is 12.8 Å². The molecule has 0 aromatic carbocycles. The molecule has 0 unspecified atom stereocenters. The molecular formula is C9H9N5O3S. The number of rotatable bonds is 5. The second-order valence-electron chi connectivity index (χ2n) is 3.12. The number of pyridine rings is 1. The highest BCUT2D eigenvalue weighted by atomic mass is 32.1. The third-order valence-corrected chi connectivity index (χ3v) is 2.87. The van der Waals surface area contributed by atoms with E-state index in [1.165, 1.54) is 23.6 Å². The summed E-state index contributed by atoms with van der Waals surface area (Å²) in [6, 6.07) is 3.06. The Kier molecular flexibility index (Phi) is 3.63. The van der Waals surface area contributed by atoms with Crippen molar-refractivity contribution < 1.29 is 9.66 Å². The molecule has 0 aliphatic carbocycles. The van der Waals surface area contributed by atoms with Crippen LogP contribution in [-0.2, 0) is 6.61 Å². The number of hydrogen-bond acceptors (Lipinski definition) is 8. The van der Waals surface area contributed by atoms with Crippen LogP contribution >= 0.6 is 11.3 Å². The fraction of sp³-hybridized carbons (Fsp3) is 0.222. The Hall–Kier alpha value is -2.29. The average Bonchev–Trinajstić information content (AvgIpc) is 2.84. The van der Waals surface area contributed by atoms with Gasteiger partial charge in [-0.05, 0) is 22.0 Å². The van der Waals surface area contributed by atoms with Gasteiger partial charge >= 0.3 is 5.82 Å². The lowest BCUT2D eigenvalue weighted by molar-refractivity contribution is -0.390. The van der Waals surface area contributed by atoms with Gasteiger partial charge in [-0.25, -0.2) is 0 Å². The number of nitro groups is 1. The van der Waals surface area contributed by atoms with E-state index in [9.17, 15) is 10.1 Å². The van der Waals surface area contributed by atoms with Gasteiger partial charge in [-0.2, -0.15) is 0 Å². The molecule has 18 heavy (non-hydrogen) atoms. The normalized spacial score (nSPS) is 10.1. The number of nitrogens with zero attached hydrogens (tertiary/aromatic N) is 4. The quantitative estimate of drug-likeness (QED) is 0.646. The van der Waals surface area contributed by atoms with Crippen LogP contribution in [0, 0.1) is 10.1 Å². The molecule has 0 saturated carbocycles. The fourth-order valence-electron chi connectivity index (χ4n) is 1.18. The second-order valence-corrected chi connectivity index (χ2v) is 4.18. The zero-order valence-electron chi connectivity index (χ0n) is 9.36. The Morgan fingerprint density at radius 1 is 1.56 bits per heavy atom. The summed E-state index contributed by atoms with van der Waals surface area (Å²) >= 11 is 1.32. The highest BCUT2D eigenvalue weighted by molar-refractivity contribution is 7.15. The van der Waals surface area contributed by atoms with Crippen LogP contribution < -0.4 is 10.1 Å². The van der Waals surface area contributed by atoms with Crippen molar-refractivity contribution in [2.75, 3.05) is 12.4 Å². The van der Waals surface area contributed by atoms with Crippen molar-refractivity contribution in [1.29, 1.82) is 0 Å². The monoisotopic (exact) mass is 267 g/mol. The lowest BCUT2D eigenvalue weighted by Crippen LogP contribution is -2.00. The lowest BCUT2D eigenvalue weighted by atomic mass is 10.4. The largest absolute Gasteiger partial charge is 0.478 e. The smallest absolute Gasteiger partial charge is 0.406 e. The van der Waals surface area contributed by atoms with Gasteiger partial charge in [0.05, 0.1) is 0 Å². The predicted molar refractivity (Wildman–Crippen MR) is 64.7 cm³/mol. The molecule has 0 bridgehead atoms. The van der Waals surface area contributed by atoms with Crippen molar-refractivity contribution in [3.05, 3.63) is 33.5 Å². The van der Waals surface area contributed by atoms with Gasteiger partial charge in [0.25, 0.3) is 0 Å². The minimum absolute atomic E-state index is 0.115. The summed E-state index contributed by atoms with van der Waals surface area (Å²) in [6.45, 7) is 0.117. The van der Waals surface area contributed by atoms with Crippen molar-refractivity contribution >= 4 is 22.3 Å². The van der Waals surface area contributed by atoms with Crippen molar-refractivity contribution in [2.24, 2.45) is 0 Å². The van der Waals surface area contributed by atoms with E-state index in [0.29, 0.717) is 10.1 Å². The van der Waals surface area contributed by atoms with E-state index in [1.54, 1.807) is 13.1 Å². The Balaban J connectivity index is 2.08. The van der Waals surface area contributed by atoms with E-state index in [0.717, 1.165) is 0 Å². The molecule has 9 heteroatoms. The first-order valence-corrected chi connectivity index (χ1v) is 5.74. The first kappa shape index (κ1) is 12.2. The molecule has 8 nitrogen and oxygen atoms in total. The Bertz CT molecular complexity index is 559. The molecule has 2 aromatic rings. The maximum atomic E-state index is 10.7. The number of aromatic nitrogens is 3. The molecule has 0 fully saturated rings. The number of hydrogen-bond donors (Lipinski definition) is 1. The van der Waals surface area contributed by atoms with Gasteiger partial charge in [0.15, 0.2) is 5.01 Å². The molecule has 94 valence electrons. The van der Waals surface area contributed by atoms with Crippen molar-refractivity contribution in [3.8, 4) is 5.75 Å². The van der Waals surface area contributed by atoms with E-state index in [2.05, 4.69) is 20.5 Å². The lowest BCUT2D eigenvalue weighted by Gasteiger charge is -2.02. The molecule has 2 rings (SSSR count). The highest BCUT2D eigenvalue weighted by Crippen LogP contribution is 2.24. The van der Waals surface area contributed by atoms with Crippen LogP contribution in [0.2, 0.25) is 0 Å². The van der Waals surface area contributed by atoms with Gasteiger partial charge in [0.2, 0.25) is 10.9 Å². The zero-order chi connectivity index (χ0) is 13.0. The topological polar surface area (TPSA) is 103 Å². The Labute approximate surface area is 106 Å². The molecule has 0 amide bonds. The van der Waals surface area contributed by atoms with Crippen LogP contribution in [0.3, 0.4) is 0 Å². The molecule has 0 atom stereocenters. The zero-order valence-corrected chi connectivity index (χ0v) is 10.2. The Morgan fingerprint density at radius 2 is 2.39 bits per heavy atom. The molecule has 0 saturated heterocycles. The number of nitrogens with one attached hydrogen (secondary N) is 1. The molecular weight excluding hydrogens is 258 g/mol. The molecule has 2 aromatic heterocycles. The van der Waals surface area contributed by atoms with Crippen molar-refractivity contribution in [2.45, 2.75) is 6.61 Å². The second kappa shape index (κ2) is 5.36. The molecule has 0 spiro atoms. The fourth-order valence-corrected chi connectivity index (χ4v) is 1.79. The molecule has 2 heterocycles. The van der Waals surface area contributed by atoms with E-state index in [1.807, 2.05) is 0 Å². The van der Waals surface area contributed by atoms with Crippen LogP contribution in [0.25, 0.3) is 0 Å². The summed E-state index contributed by atoms with van der Waals surface area (Å²) in [6.07, 6.45) is 1.34. The van der Waals surface area contributed by atoms with Crippen LogP contribution in [0.15, 0.2) is 18.3 Å². The first-order chi connectivity index (χ1) is 8.70. The molecule has 0 aliphatic heterocycles. The van der Waals surface area contributed by atoms with Gasteiger partial charge in [-0.1, -0.05) is 11.3 Å². The van der Waals surface area contributed by atoms with Gasteiger partial charge in [0, 0.05) is 7.05 Å². The van der Waals surface area contributed by atoms with Crippen LogP contribution in [0.1, 0.15) is 5.01 Å². The third-order valence-electron chi connectivity index (χ3n) is 1.96. The minimum Gasteiger partial charge on any atom is -0.478 e. The van der Waals surface area contributed by atoms with Gasteiger partial charge in [-0.3, -0.25) is 0 Å². The average molecular weight is 267 g/mol.